The van der Waals surface area contributed by atoms with E-state index in [0.717, 1.165) is 61.2 Å². The second-order valence-electron chi connectivity index (χ2n) is 11.0. The van der Waals surface area contributed by atoms with E-state index in [1.807, 2.05) is 24.4 Å². The zero-order valence-electron chi connectivity index (χ0n) is 24.5. The number of aromatic nitrogens is 4. The molecule has 0 saturated carbocycles. The molecule has 8 rings (SSSR count). The summed E-state index contributed by atoms with van der Waals surface area (Å²) in [5, 5.41) is 10.2. The van der Waals surface area contributed by atoms with Crippen molar-refractivity contribution in [2.75, 3.05) is 0 Å². The minimum atomic E-state index is 0.833. The van der Waals surface area contributed by atoms with Crippen LogP contribution in [-0.4, -0.2) is 20.0 Å². The molecule has 45 heavy (non-hydrogen) atoms. The molecule has 0 radical (unpaired) electrons. The molecule has 0 amide bonds. The quantitative estimate of drug-likeness (QED) is 0.198. The molecule has 6 aromatic carbocycles. The minimum Gasteiger partial charge on any atom is -0.264 e. The van der Waals surface area contributed by atoms with E-state index >= 15 is 0 Å². The zero-order chi connectivity index (χ0) is 30.0. The lowest BCUT2D eigenvalue weighted by Crippen LogP contribution is -1.98. The largest absolute Gasteiger partial charge is 0.264 e. The summed E-state index contributed by atoms with van der Waals surface area (Å²) in [7, 11) is 0. The van der Waals surface area contributed by atoms with Crippen LogP contribution in [0.25, 0.3) is 72.4 Å². The van der Waals surface area contributed by atoms with Crippen LogP contribution in [0.4, 0.5) is 0 Å². The van der Waals surface area contributed by atoms with Crippen molar-refractivity contribution in [3.63, 3.8) is 0 Å². The van der Waals surface area contributed by atoms with Gasteiger partial charge in [-0.25, -0.2) is 0 Å². The van der Waals surface area contributed by atoms with E-state index in [1.165, 1.54) is 11.1 Å². The molecule has 0 unspecified atom stereocenters. The molecule has 0 N–H and O–H groups in total. The van der Waals surface area contributed by atoms with Gasteiger partial charge in [0.2, 0.25) is 0 Å². The normalized spacial score (nSPS) is 11.1. The molecule has 2 heterocycles. The Morgan fingerprint density at radius 3 is 1.62 bits per heavy atom. The monoisotopic (exact) mass is 576 g/mol. The Bertz CT molecular complexity index is 2260. The van der Waals surface area contributed by atoms with Crippen LogP contribution in [0.15, 0.2) is 170 Å². The number of nitrogens with zero attached hydrogens (tertiary/aromatic N) is 4. The fraction of sp³-hybridized carbons (Fsp3) is 0. The van der Waals surface area contributed by atoms with Gasteiger partial charge in [-0.2, -0.15) is 4.80 Å². The second-order valence-corrected chi connectivity index (χ2v) is 11.0. The standard InChI is InChI=1S/C41H28N4/c1-3-13-29(14-4-1)35-20-7-8-22-37(35)33-26-39(38-23-10-9-21-36(38)30-15-5-2-6-16-30)41-40(27-33)43-45(44-41)34-19-11-17-31(25-34)32-18-12-24-42-28-32/h1-28H. The van der Waals surface area contributed by atoms with Gasteiger partial charge < -0.3 is 0 Å². The Morgan fingerprint density at radius 2 is 0.956 bits per heavy atom. The lowest BCUT2D eigenvalue weighted by atomic mass is 9.89. The Morgan fingerprint density at radius 1 is 0.378 bits per heavy atom. The molecular formula is C41H28N4. The number of benzene rings is 6. The Balaban J connectivity index is 1.36. The van der Waals surface area contributed by atoms with Gasteiger partial charge in [0.1, 0.15) is 11.0 Å². The first-order valence-corrected chi connectivity index (χ1v) is 15.0. The zero-order valence-corrected chi connectivity index (χ0v) is 24.5. The molecule has 0 fully saturated rings. The molecule has 4 heteroatoms. The maximum atomic E-state index is 5.13. The van der Waals surface area contributed by atoms with Crippen LogP contribution >= 0.6 is 0 Å². The first-order chi connectivity index (χ1) is 22.3. The molecule has 0 bridgehead atoms. The Kier molecular flexibility index (Phi) is 6.78. The lowest BCUT2D eigenvalue weighted by molar-refractivity contribution is 0.766. The van der Waals surface area contributed by atoms with Gasteiger partial charge in [0.15, 0.2) is 0 Å². The topological polar surface area (TPSA) is 43.6 Å². The van der Waals surface area contributed by atoms with Crippen LogP contribution in [0.2, 0.25) is 0 Å². The number of fused-ring (bicyclic) bond motifs is 1. The van der Waals surface area contributed by atoms with Gasteiger partial charge >= 0.3 is 0 Å². The van der Waals surface area contributed by atoms with Gasteiger partial charge in [-0.1, -0.05) is 127 Å². The van der Waals surface area contributed by atoms with Crippen LogP contribution in [0, 0.1) is 0 Å². The van der Waals surface area contributed by atoms with Crippen molar-refractivity contribution in [3.05, 3.63) is 170 Å². The predicted molar refractivity (Wildman–Crippen MR) is 184 cm³/mol. The van der Waals surface area contributed by atoms with Crippen LogP contribution in [0.5, 0.6) is 0 Å². The van der Waals surface area contributed by atoms with E-state index in [9.17, 15) is 0 Å². The van der Waals surface area contributed by atoms with Crippen molar-refractivity contribution in [1.82, 2.24) is 20.0 Å². The third-order valence-electron chi connectivity index (χ3n) is 8.18. The van der Waals surface area contributed by atoms with Gasteiger partial charge in [0.05, 0.1) is 5.69 Å². The van der Waals surface area contributed by atoms with Gasteiger partial charge in [-0.15, -0.1) is 10.2 Å². The van der Waals surface area contributed by atoms with Crippen LogP contribution in [0.3, 0.4) is 0 Å². The average Bonchev–Trinajstić information content (AvgIpc) is 3.57. The molecule has 0 spiro atoms. The number of pyridine rings is 1. The molecule has 2 aromatic heterocycles. The molecule has 0 aliphatic rings. The van der Waals surface area contributed by atoms with Crippen LogP contribution < -0.4 is 0 Å². The van der Waals surface area contributed by atoms with Crippen LogP contribution in [-0.2, 0) is 0 Å². The summed E-state index contributed by atoms with van der Waals surface area (Å²) in [6.07, 6.45) is 3.67. The third-order valence-corrected chi connectivity index (χ3v) is 8.18. The smallest absolute Gasteiger partial charge is 0.121 e. The Hall–Kier alpha value is -6.13. The van der Waals surface area contributed by atoms with E-state index in [4.69, 9.17) is 10.2 Å². The molecule has 4 nitrogen and oxygen atoms in total. The van der Waals surface area contributed by atoms with E-state index in [2.05, 4.69) is 145 Å². The molecule has 0 atom stereocenters. The van der Waals surface area contributed by atoms with Gasteiger partial charge in [0, 0.05) is 23.5 Å². The highest BCUT2D eigenvalue weighted by molar-refractivity contribution is 6.01. The second kappa shape index (κ2) is 11.5. The molecule has 0 saturated heterocycles. The lowest BCUT2D eigenvalue weighted by Gasteiger charge is -2.14. The summed E-state index contributed by atoms with van der Waals surface area (Å²) in [4.78, 5) is 6.06. The SMILES string of the molecule is c1ccc(-c2ccccc2-c2cc(-c3ccccc3-c3ccccc3)c3nn(-c4cccc(-c5cccnc5)c4)nc3c2)cc1. The fourth-order valence-electron chi connectivity index (χ4n) is 6.03. The van der Waals surface area contributed by atoms with Gasteiger partial charge in [-0.05, 0) is 74.8 Å². The van der Waals surface area contributed by atoms with E-state index in [-0.39, 0.29) is 0 Å². The molecular weight excluding hydrogens is 548 g/mol. The summed E-state index contributed by atoms with van der Waals surface area (Å²) in [5.74, 6) is 0. The highest BCUT2D eigenvalue weighted by Gasteiger charge is 2.18. The number of hydrogen-bond donors (Lipinski definition) is 0. The van der Waals surface area contributed by atoms with Crippen molar-refractivity contribution in [2.24, 2.45) is 0 Å². The third kappa shape index (κ3) is 5.09. The summed E-state index contributed by atoms with van der Waals surface area (Å²) >= 11 is 0. The summed E-state index contributed by atoms with van der Waals surface area (Å²) in [6, 6.07) is 55.0. The first kappa shape index (κ1) is 26.5. The van der Waals surface area contributed by atoms with Gasteiger partial charge in [0.25, 0.3) is 0 Å². The van der Waals surface area contributed by atoms with E-state index < -0.39 is 0 Å². The summed E-state index contributed by atoms with van der Waals surface area (Å²) in [6.45, 7) is 0. The van der Waals surface area contributed by atoms with Crippen molar-refractivity contribution in [2.45, 2.75) is 0 Å². The van der Waals surface area contributed by atoms with Crippen molar-refractivity contribution < 1.29 is 0 Å². The maximum Gasteiger partial charge on any atom is 0.121 e. The first-order valence-electron chi connectivity index (χ1n) is 15.0. The highest BCUT2D eigenvalue weighted by atomic mass is 15.5. The average molecular weight is 577 g/mol. The van der Waals surface area contributed by atoms with E-state index in [0.29, 0.717) is 0 Å². The van der Waals surface area contributed by atoms with Crippen molar-refractivity contribution >= 4 is 11.0 Å². The van der Waals surface area contributed by atoms with Crippen molar-refractivity contribution in [3.8, 4) is 61.3 Å². The van der Waals surface area contributed by atoms with Gasteiger partial charge in [-0.3, -0.25) is 4.98 Å². The fourth-order valence-corrected chi connectivity index (χ4v) is 6.03. The molecule has 212 valence electrons. The molecule has 8 aromatic rings. The number of rotatable bonds is 6. The number of hydrogen-bond acceptors (Lipinski definition) is 3. The maximum absolute atomic E-state index is 5.13. The minimum absolute atomic E-state index is 0.833. The molecule has 0 aliphatic heterocycles. The Labute approximate surface area is 261 Å². The summed E-state index contributed by atoms with van der Waals surface area (Å²) < 4.78 is 0. The van der Waals surface area contributed by atoms with E-state index in [1.54, 1.807) is 11.0 Å². The highest BCUT2D eigenvalue weighted by Crippen LogP contribution is 2.40. The molecule has 0 aliphatic carbocycles. The van der Waals surface area contributed by atoms with Crippen LogP contribution in [0.1, 0.15) is 0 Å². The van der Waals surface area contributed by atoms with Crippen molar-refractivity contribution in [1.29, 1.82) is 0 Å². The summed E-state index contributed by atoms with van der Waals surface area (Å²) in [5.41, 5.74) is 13.8. The predicted octanol–water partition coefficient (Wildman–Crippen LogP) is 10.2.